The van der Waals surface area contributed by atoms with E-state index in [9.17, 15) is 9.59 Å². The molecule has 0 radical (unpaired) electrons. The van der Waals surface area contributed by atoms with Gasteiger partial charge in [-0.25, -0.2) is 0 Å². The van der Waals surface area contributed by atoms with Gasteiger partial charge in [0.15, 0.2) is 5.78 Å². The van der Waals surface area contributed by atoms with Gasteiger partial charge < -0.3 is 5.32 Å². The Balaban J connectivity index is 3.12. The molecule has 3 heteroatoms. The number of ketones is 1. The Hall–Kier alpha value is -1.90. The summed E-state index contributed by atoms with van der Waals surface area (Å²) < 4.78 is 0. The monoisotopic (exact) mass is 217 g/mol. The maximum absolute atomic E-state index is 11.7. The van der Waals surface area contributed by atoms with Crippen LogP contribution in [0.2, 0.25) is 0 Å². The number of carbonyl (C=O) groups is 2. The van der Waals surface area contributed by atoms with Crippen molar-refractivity contribution in [3.05, 3.63) is 42.0 Å². The molecule has 1 rings (SSSR count). The van der Waals surface area contributed by atoms with Gasteiger partial charge in [-0.15, -0.1) is 0 Å². The lowest BCUT2D eigenvalue weighted by atomic mass is 10.0. The van der Waals surface area contributed by atoms with Crippen molar-refractivity contribution in [3.63, 3.8) is 0 Å². The molecular formula is C13H15NO2. The van der Waals surface area contributed by atoms with Crippen LogP contribution in [0.4, 0.5) is 5.69 Å². The molecule has 0 aliphatic rings. The van der Waals surface area contributed by atoms with Crippen molar-refractivity contribution >= 4 is 17.4 Å². The first-order valence-corrected chi connectivity index (χ1v) is 5.15. The van der Waals surface area contributed by atoms with Gasteiger partial charge in [-0.05, 0) is 25.1 Å². The number of amides is 1. The largest absolute Gasteiger partial charge is 0.322 e. The predicted molar refractivity (Wildman–Crippen MR) is 64.6 cm³/mol. The Kier molecular flexibility index (Phi) is 4.00. The van der Waals surface area contributed by atoms with Gasteiger partial charge in [0.25, 0.3) is 0 Å². The van der Waals surface area contributed by atoms with E-state index in [4.69, 9.17) is 0 Å². The zero-order valence-electron chi connectivity index (χ0n) is 9.54. The zero-order valence-corrected chi connectivity index (χ0v) is 9.54. The van der Waals surface area contributed by atoms with E-state index in [1.807, 2.05) is 13.0 Å². The Morgan fingerprint density at radius 2 is 2.12 bits per heavy atom. The number of carbonyl (C=O) groups excluding carboxylic acids is 2. The lowest BCUT2D eigenvalue weighted by molar-refractivity contribution is -0.111. The molecule has 0 spiro atoms. The summed E-state index contributed by atoms with van der Waals surface area (Å²) in [7, 11) is 0. The van der Waals surface area contributed by atoms with Crippen molar-refractivity contribution in [1.82, 2.24) is 0 Å². The highest BCUT2D eigenvalue weighted by molar-refractivity contribution is 6.07. The molecule has 1 aromatic carbocycles. The van der Waals surface area contributed by atoms with E-state index in [-0.39, 0.29) is 11.7 Å². The van der Waals surface area contributed by atoms with Gasteiger partial charge in [0.1, 0.15) is 0 Å². The first kappa shape index (κ1) is 12.2. The SMILES string of the molecule is C=CC(=O)Nc1ccc(C)cc1C(=O)CC. The van der Waals surface area contributed by atoms with E-state index in [1.54, 1.807) is 19.1 Å². The molecule has 3 nitrogen and oxygen atoms in total. The fourth-order valence-electron chi connectivity index (χ4n) is 1.37. The second kappa shape index (κ2) is 5.26. The van der Waals surface area contributed by atoms with Crippen LogP contribution in [-0.4, -0.2) is 11.7 Å². The van der Waals surface area contributed by atoms with Gasteiger partial charge in [-0.2, -0.15) is 0 Å². The zero-order chi connectivity index (χ0) is 12.1. The number of aryl methyl sites for hydroxylation is 1. The summed E-state index contributed by atoms with van der Waals surface area (Å²) in [5.74, 6) is -0.294. The predicted octanol–water partition coefficient (Wildman–Crippen LogP) is 2.71. The number of Topliss-reactive ketones (excluding diaryl/α,β-unsaturated/α-hetero) is 1. The van der Waals surface area contributed by atoms with Crippen molar-refractivity contribution in [2.75, 3.05) is 5.32 Å². The summed E-state index contributed by atoms with van der Waals surface area (Å²) >= 11 is 0. The van der Waals surface area contributed by atoms with E-state index in [2.05, 4.69) is 11.9 Å². The molecule has 0 atom stereocenters. The molecule has 0 fully saturated rings. The molecule has 0 saturated carbocycles. The summed E-state index contributed by atoms with van der Waals surface area (Å²) in [4.78, 5) is 22.9. The Morgan fingerprint density at radius 3 is 2.69 bits per heavy atom. The number of hydrogen-bond acceptors (Lipinski definition) is 2. The van der Waals surface area contributed by atoms with Gasteiger partial charge in [0.2, 0.25) is 5.91 Å². The van der Waals surface area contributed by atoms with Gasteiger partial charge in [0, 0.05) is 12.0 Å². The first-order valence-electron chi connectivity index (χ1n) is 5.15. The van der Waals surface area contributed by atoms with Gasteiger partial charge >= 0.3 is 0 Å². The molecule has 0 unspecified atom stereocenters. The maximum atomic E-state index is 11.7. The number of nitrogens with one attached hydrogen (secondary N) is 1. The van der Waals surface area contributed by atoms with Crippen molar-refractivity contribution in [2.45, 2.75) is 20.3 Å². The normalized spacial score (nSPS) is 9.62. The first-order chi connectivity index (χ1) is 7.58. The topological polar surface area (TPSA) is 46.2 Å². The Morgan fingerprint density at radius 1 is 1.44 bits per heavy atom. The standard InChI is InChI=1S/C13H15NO2/c1-4-12(15)10-8-9(3)6-7-11(10)14-13(16)5-2/h5-8H,2,4H2,1,3H3,(H,14,16). The van der Waals surface area contributed by atoms with Gasteiger partial charge in [-0.1, -0.05) is 25.1 Å². The molecule has 0 aliphatic carbocycles. The van der Waals surface area contributed by atoms with Gasteiger partial charge in [-0.3, -0.25) is 9.59 Å². The van der Waals surface area contributed by atoms with Crippen molar-refractivity contribution in [1.29, 1.82) is 0 Å². The molecule has 1 N–H and O–H groups in total. The molecule has 0 bridgehead atoms. The number of benzene rings is 1. The van der Waals surface area contributed by atoms with Crippen LogP contribution in [-0.2, 0) is 4.79 Å². The van der Waals surface area contributed by atoms with Crippen molar-refractivity contribution in [3.8, 4) is 0 Å². The summed E-state index contributed by atoms with van der Waals surface area (Å²) in [6.07, 6.45) is 1.60. The Labute approximate surface area is 95.2 Å². The fraction of sp³-hybridized carbons (Fsp3) is 0.231. The molecule has 0 saturated heterocycles. The molecule has 1 amide bonds. The lowest BCUT2D eigenvalue weighted by Gasteiger charge is -2.09. The fourth-order valence-corrected chi connectivity index (χ4v) is 1.37. The summed E-state index contributed by atoms with van der Waals surface area (Å²) in [5, 5.41) is 2.62. The second-order valence-corrected chi connectivity index (χ2v) is 3.52. The van der Waals surface area contributed by atoms with Crippen LogP contribution in [0.25, 0.3) is 0 Å². The lowest BCUT2D eigenvalue weighted by Crippen LogP contribution is -2.11. The second-order valence-electron chi connectivity index (χ2n) is 3.52. The van der Waals surface area contributed by atoms with Crippen LogP contribution >= 0.6 is 0 Å². The van der Waals surface area contributed by atoms with E-state index < -0.39 is 0 Å². The molecular weight excluding hydrogens is 202 g/mol. The third kappa shape index (κ3) is 2.79. The molecule has 0 aromatic heterocycles. The number of hydrogen-bond donors (Lipinski definition) is 1. The minimum atomic E-state index is -0.311. The maximum Gasteiger partial charge on any atom is 0.247 e. The van der Waals surface area contributed by atoms with E-state index in [0.717, 1.165) is 5.56 Å². The van der Waals surface area contributed by atoms with Crippen LogP contribution in [0.1, 0.15) is 29.3 Å². The molecule has 1 aromatic rings. The minimum absolute atomic E-state index is 0.0167. The highest BCUT2D eigenvalue weighted by Gasteiger charge is 2.10. The summed E-state index contributed by atoms with van der Waals surface area (Å²) in [5.41, 5.74) is 2.09. The minimum Gasteiger partial charge on any atom is -0.322 e. The third-order valence-electron chi connectivity index (χ3n) is 2.24. The smallest absolute Gasteiger partial charge is 0.247 e. The van der Waals surface area contributed by atoms with E-state index >= 15 is 0 Å². The quantitative estimate of drug-likeness (QED) is 0.622. The van der Waals surface area contributed by atoms with Crippen molar-refractivity contribution < 1.29 is 9.59 Å². The highest BCUT2D eigenvalue weighted by Crippen LogP contribution is 2.19. The van der Waals surface area contributed by atoms with Gasteiger partial charge in [0.05, 0.1) is 5.69 Å². The van der Waals surface area contributed by atoms with E-state index in [0.29, 0.717) is 17.7 Å². The average Bonchev–Trinajstić information content (AvgIpc) is 2.30. The van der Waals surface area contributed by atoms with E-state index in [1.165, 1.54) is 6.08 Å². The summed E-state index contributed by atoms with van der Waals surface area (Å²) in [6.45, 7) is 7.08. The molecule has 0 heterocycles. The highest BCUT2D eigenvalue weighted by atomic mass is 16.1. The number of rotatable bonds is 4. The molecule has 84 valence electrons. The Bertz CT molecular complexity index is 436. The van der Waals surface area contributed by atoms with Crippen LogP contribution in [0.3, 0.4) is 0 Å². The summed E-state index contributed by atoms with van der Waals surface area (Å²) in [6, 6.07) is 5.37. The van der Waals surface area contributed by atoms with Crippen molar-refractivity contribution in [2.24, 2.45) is 0 Å². The number of anilines is 1. The van der Waals surface area contributed by atoms with Crippen LogP contribution in [0.5, 0.6) is 0 Å². The van der Waals surface area contributed by atoms with Crippen LogP contribution in [0.15, 0.2) is 30.9 Å². The third-order valence-corrected chi connectivity index (χ3v) is 2.24. The van der Waals surface area contributed by atoms with Crippen LogP contribution < -0.4 is 5.32 Å². The average molecular weight is 217 g/mol. The van der Waals surface area contributed by atoms with Crippen LogP contribution in [0, 0.1) is 6.92 Å². The molecule has 16 heavy (non-hydrogen) atoms. The molecule has 0 aliphatic heterocycles.